The Bertz CT molecular complexity index is 2350. The molecule has 6 unspecified atom stereocenters. The number of aliphatic hydroxyl groups excluding tert-OH is 8. The van der Waals surface area contributed by atoms with Gasteiger partial charge in [0.15, 0.2) is 19.0 Å². The minimum Gasteiger partial charge on any atom is -0.465 e. The molecule has 2 heterocycles. The molecular formula is C60H110Cl3IO39Si2. The van der Waals surface area contributed by atoms with Crippen LogP contribution in [-0.2, 0) is 123 Å². The Hall–Kier alpha value is -4.38. The molecule has 0 bridgehead atoms. The van der Waals surface area contributed by atoms with E-state index in [4.69, 9.17) is 161 Å². The molecule has 0 amide bonds. The first-order valence-corrected chi connectivity index (χ1v) is 40.1. The number of cyclic esters (lactones) is 4. The molecule has 2 fully saturated rings. The summed E-state index contributed by atoms with van der Waals surface area (Å²) < 4.78 is 114. The number of methoxy groups -OCH3 is 3. The quantitative estimate of drug-likeness (QED) is 0.00825. The normalized spacial score (nSPS) is 16.1. The fraction of sp³-hybridized carbons (Fsp3) is 0.850. The van der Waals surface area contributed by atoms with Crippen molar-refractivity contribution in [2.75, 3.05) is 211 Å². The standard InChI is InChI=1S/C32H52O21Si.C12H26O6.C10H20O7Si.C3H3Cl3O3.C2H6O2.CH3I/c1-23(33)47-18-31(3,17-41-6)26(35)43-12-13-44-27(36)32(4,19-48-24(2)34)20-49-29(38)50-21-52-54(7,22-51-28(37)45-11-10-40-5)14-8-9-42-15-25-16-46-30(39)53-25;1-11(5-13,6-14)9-17-3-4-18-10-12(2,7-15)8-16;1-18(8-12,16-7-11)4-2-3-14-5-9-6-15-10(13)17-9;1-8-2(7)9-3(4,5)6;3-1-2-4;1-2/h25H,8-22H2,1-7H3;13-16H,3-10H2,1-2H3;9,11-12H,2-8H2,1H3;1H3;3-4H,1-2H2;1H3/i;;;;;1D. The molecule has 105 heavy (non-hydrogen) atoms. The maximum Gasteiger partial charge on any atom is 0.511 e. The average Bonchev–Trinajstić information content (AvgIpc) is 1.12. The van der Waals surface area contributed by atoms with Crippen molar-refractivity contribution < 1.29 is 189 Å². The number of ether oxygens (including phenoxy) is 20. The van der Waals surface area contributed by atoms with Crippen LogP contribution in [0.2, 0.25) is 25.2 Å². The van der Waals surface area contributed by atoms with Crippen molar-refractivity contribution >= 4 is 129 Å². The second-order valence-electron chi connectivity index (χ2n) is 23.8. The van der Waals surface area contributed by atoms with Crippen LogP contribution in [0.4, 0.5) is 24.0 Å². The molecule has 39 nitrogen and oxygen atoms in total. The monoisotopic (exact) mass is 1740 g/mol. The second kappa shape index (κ2) is 62.4. The molecule has 2 saturated heterocycles. The molecule has 0 aromatic rings. The molecule has 620 valence electrons. The number of halogens is 4. The number of carbonyl (C=O) groups is 9. The number of carbonyl (C=O) groups excluding carboxylic acids is 9. The van der Waals surface area contributed by atoms with Crippen LogP contribution >= 0.6 is 57.4 Å². The van der Waals surface area contributed by atoms with Crippen LogP contribution in [0.25, 0.3) is 0 Å². The zero-order valence-corrected chi connectivity index (χ0v) is 67.7. The zero-order chi connectivity index (χ0) is 81.7. The third-order valence-corrected chi connectivity index (χ3v) is 19.3. The van der Waals surface area contributed by atoms with Gasteiger partial charge in [-0.1, -0.05) is 36.4 Å². The number of hydrogen-bond donors (Lipinski definition) is 8. The zero-order valence-electron chi connectivity index (χ0n) is 62.2. The van der Waals surface area contributed by atoms with Gasteiger partial charge in [0.05, 0.1) is 106 Å². The van der Waals surface area contributed by atoms with Crippen LogP contribution in [0.1, 0.15) is 55.8 Å². The summed E-state index contributed by atoms with van der Waals surface area (Å²) >= 11 is 17.0. The van der Waals surface area contributed by atoms with Gasteiger partial charge in [-0.05, 0) is 91.6 Å². The summed E-state index contributed by atoms with van der Waals surface area (Å²) in [5.41, 5.74) is -4.30. The Morgan fingerprint density at radius 3 is 1.30 bits per heavy atom. The van der Waals surface area contributed by atoms with Gasteiger partial charge in [0.25, 0.3) is 0 Å². The van der Waals surface area contributed by atoms with Crippen LogP contribution in [-0.4, -0.2) is 339 Å². The molecule has 0 saturated carbocycles. The van der Waals surface area contributed by atoms with E-state index in [2.05, 4.69) is 14.2 Å². The van der Waals surface area contributed by atoms with E-state index in [-0.39, 0.29) is 138 Å². The van der Waals surface area contributed by atoms with Gasteiger partial charge in [-0.25, -0.2) is 24.0 Å². The maximum absolute atomic E-state index is 13.0. The summed E-state index contributed by atoms with van der Waals surface area (Å²) in [6.45, 7) is 10.6. The number of hydrogen-bond acceptors (Lipinski definition) is 39. The molecule has 45 heteroatoms. The van der Waals surface area contributed by atoms with Gasteiger partial charge < -0.3 is 144 Å². The van der Waals surface area contributed by atoms with Gasteiger partial charge in [-0.2, -0.15) is 0 Å². The third-order valence-electron chi connectivity index (χ3n) is 13.2. The Morgan fingerprint density at radius 1 is 0.524 bits per heavy atom. The van der Waals surface area contributed by atoms with Gasteiger partial charge in [-0.3, -0.25) is 19.2 Å². The second-order valence-corrected chi connectivity index (χ2v) is 34.0. The minimum atomic E-state index is -2.95. The average molecular weight is 1750 g/mol. The maximum atomic E-state index is 13.0. The Kier molecular flexibility index (Phi) is 62.3. The topological polar surface area (TPSA) is 519 Å². The highest BCUT2D eigenvalue weighted by Crippen LogP contribution is 2.28. The summed E-state index contributed by atoms with van der Waals surface area (Å²) in [5, 5.41) is 69.3. The number of aliphatic hydroxyl groups is 8. The lowest BCUT2D eigenvalue weighted by molar-refractivity contribution is -0.174. The molecule has 0 radical (unpaired) electrons. The van der Waals surface area contributed by atoms with Crippen LogP contribution in [0, 0.1) is 21.7 Å². The van der Waals surface area contributed by atoms with Gasteiger partial charge in [-0.15, -0.1) is 0 Å². The van der Waals surface area contributed by atoms with E-state index in [1.54, 1.807) is 20.4 Å². The fourth-order valence-electron chi connectivity index (χ4n) is 6.85. The lowest BCUT2D eigenvalue weighted by Crippen LogP contribution is -2.43. The van der Waals surface area contributed by atoms with Gasteiger partial charge >= 0.3 is 58.6 Å². The van der Waals surface area contributed by atoms with Gasteiger partial charge in [0, 0.05) is 53.5 Å². The first-order valence-electron chi connectivity index (χ1n) is 32.5. The van der Waals surface area contributed by atoms with Gasteiger partial charge in [0.2, 0.25) is 16.6 Å². The molecule has 2 aliphatic rings. The predicted octanol–water partition coefficient (Wildman–Crippen LogP) is 2.96. The van der Waals surface area contributed by atoms with E-state index in [0.29, 0.717) is 49.8 Å². The summed E-state index contributed by atoms with van der Waals surface area (Å²) in [5.74, 6) is -3.06. The lowest BCUT2D eigenvalue weighted by atomic mass is 9.93. The molecule has 0 aliphatic carbocycles. The lowest BCUT2D eigenvalue weighted by Gasteiger charge is -2.28. The van der Waals surface area contributed by atoms with Crippen molar-refractivity contribution in [3.8, 4) is 0 Å². The molecule has 8 N–H and O–H groups in total. The Balaban J connectivity index is -0.000000799. The van der Waals surface area contributed by atoms with Crippen LogP contribution < -0.4 is 0 Å². The van der Waals surface area contributed by atoms with E-state index in [1.807, 2.05) is 29.1 Å². The first kappa shape index (κ1) is 105. The van der Waals surface area contributed by atoms with Crippen molar-refractivity contribution in [3.05, 3.63) is 0 Å². The van der Waals surface area contributed by atoms with Crippen LogP contribution in [0.5, 0.6) is 0 Å². The summed E-state index contributed by atoms with van der Waals surface area (Å²) in [6.07, 6.45) is -4.53. The fourth-order valence-corrected chi connectivity index (χ4v) is 10.7. The number of esters is 4. The summed E-state index contributed by atoms with van der Waals surface area (Å²) in [4.78, 5) is 105. The first-order chi connectivity index (χ1) is 49.8. The largest absolute Gasteiger partial charge is 0.511 e. The molecule has 2 rings (SSSR count). The molecule has 0 aromatic carbocycles. The minimum absolute atomic E-state index is 0.0262. The highest BCUT2D eigenvalue weighted by atomic mass is 127. The molecule has 0 aromatic heterocycles. The molecule has 0 spiro atoms. The Labute approximate surface area is 642 Å². The third kappa shape index (κ3) is 57.4. The van der Waals surface area contributed by atoms with Crippen molar-refractivity contribution in [2.24, 2.45) is 21.7 Å². The molecule has 6 atom stereocenters. The highest BCUT2D eigenvalue weighted by Gasteiger charge is 2.41. The summed E-state index contributed by atoms with van der Waals surface area (Å²) in [7, 11) is -1.25. The predicted molar refractivity (Wildman–Crippen MR) is 376 cm³/mol. The van der Waals surface area contributed by atoms with Crippen LogP contribution in [0.15, 0.2) is 0 Å². The van der Waals surface area contributed by atoms with Crippen LogP contribution in [0.3, 0.4) is 0 Å². The van der Waals surface area contributed by atoms with E-state index >= 15 is 0 Å². The number of rotatable bonds is 48. The molecular weight excluding hydrogens is 1630 g/mol. The SMILES string of the molecule is CC(CO)(CO)COCCOCC(C)(CO)CO.COC(=O)OC(Cl)(Cl)Cl.COCCOC(=O)OC[Si](C)(CCCOCC1COC(=O)O1)OCOC(=O)OCC(C)(COC(C)=O)C(=O)OCCOC(=O)C(C)(COC)COC(C)=O.C[Si](CO)(CCCOCC1COC(=O)O1)OCO.OCCO.[2H]CI. The molecule has 2 aliphatic heterocycles. The van der Waals surface area contributed by atoms with E-state index in [0.717, 1.165) is 20.5 Å². The van der Waals surface area contributed by atoms with Crippen molar-refractivity contribution in [2.45, 2.75) is 95.8 Å². The van der Waals surface area contributed by atoms with Crippen molar-refractivity contribution in [1.29, 1.82) is 0 Å². The smallest absolute Gasteiger partial charge is 0.465 e. The van der Waals surface area contributed by atoms with E-state index in [9.17, 15) is 48.3 Å². The van der Waals surface area contributed by atoms with Crippen molar-refractivity contribution in [1.82, 2.24) is 0 Å². The Morgan fingerprint density at radius 2 is 0.943 bits per heavy atom. The van der Waals surface area contributed by atoms with Gasteiger partial charge in [0.1, 0.15) is 76.7 Å². The van der Waals surface area contributed by atoms with E-state index in [1.165, 1.54) is 35.0 Å². The highest BCUT2D eigenvalue weighted by molar-refractivity contribution is 14.1. The summed E-state index contributed by atoms with van der Waals surface area (Å²) in [6, 6.07) is 1.07. The van der Waals surface area contributed by atoms with Crippen molar-refractivity contribution in [3.63, 3.8) is 0 Å². The number of alkyl halides is 4. The van der Waals surface area contributed by atoms with E-state index < -0.39 is 130 Å².